The minimum Gasteiger partial charge on any atom is -0.316 e. The van der Waals surface area contributed by atoms with Crippen molar-refractivity contribution >= 4 is 34.6 Å². The molecule has 0 fully saturated rings. The summed E-state index contributed by atoms with van der Waals surface area (Å²) in [6, 6.07) is 13.4. The van der Waals surface area contributed by atoms with E-state index in [9.17, 15) is 4.79 Å². The number of halogens is 2. The summed E-state index contributed by atoms with van der Waals surface area (Å²) >= 11 is 12.0. The number of hydrogen-bond donors (Lipinski definition) is 0. The molecule has 0 N–H and O–H groups in total. The van der Waals surface area contributed by atoms with Crippen LogP contribution < -0.4 is 0 Å². The minimum atomic E-state index is 0.0182. The largest absolute Gasteiger partial charge is 0.316 e. The summed E-state index contributed by atoms with van der Waals surface area (Å²) in [7, 11) is 0. The van der Waals surface area contributed by atoms with Crippen LogP contribution in [0.4, 0.5) is 0 Å². The zero-order valence-corrected chi connectivity index (χ0v) is 16.1. The maximum absolute atomic E-state index is 12.8. The average Bonchev–Trinajstić information content (AvgIpc) is 3.00. The van der Waals surface area contributed by atoms with Gasteiger partial charge in [0.1, 0.15) is 5.15 Å². The number of aromatic nitrogens is 2. The molecular weight excluding hydrogens is 367 g/mol. The number of rotatable bonds is 2. The molecule has 0 unspecified atom stereocenters. The molecule has 0 radical (unpaired) electrons. The molecule has 3 aromatic rings. The molecule has 0 aliphatic heterocycles. The summed E-state index contributed by atoms with van der Waals surface area (Å²) < 4.78 is 1.74. The van der Waals surface area contributed by atoms with Gasteiger partial charge < -0.3 is 4.57 Å². The molecule has 1 heterocycles. The highest BCUT2D eigenvalue weighted by Crippen LogP contribution is 2.35. The molecule has 3 nitrogen and oxygen atoms in total. The van der Waals surface area contributed by atoms with Crippen LogP contribution in [-0.4, -0.2) is 15.3 Å². The summed E-state index contributed by atoms with van der Waals surface area (Å²) in [5.41, 5.74) is 4.94. The van der Waals surface area contributed by atoms with Crippen molar-refractivity contribution in [2.45, 2.75) is 20.4 Å². The van der Waals surface area contributed by atoms with Crippen LogP contribution in [0.3, 0.4) is 0 Å². The molecule has 1 aliphatic rings. The van der Waals surface area contributed by atoms with Crippen LogP contribution in [0.1, 0.15) is 46.5 Å². The number of carbonyl (C=O) groups is 1. The van der Waals surface area contributed by atoms with E-state index in [4.69, 9.17) is 23.2 Å². The third-order valence-corrected chi connectivity index (χ3v) is 5.01. The molecule has 132 valence electrons. The number of imidazole rings is 1. The predicted molar refractivity (Wildman–Crippen MR) is 107 cm³/mol. The fourth-order valence-corrected chi connectivity index (χ4v) is 3.33. The van der Waals surface area contributed by atoms with Gasteiger partial charge in [-0.2, -0.15) is 0 Å². The van der Waals surface area contributed by atoms with Crippen LogP contribution in [0.5, 0.6) is 0 Å². The monoisotopic (exact) mass is 384 g/mol. The van der Waals surface area contributed by atoms with Crippen molar-refractivity contribution < 1.29 is 4.79 Å². The van der Waals surface area contributed by atoms with Crippen LogP contribution in [0, 0.1) is 0 Å². The predicted octanol–water partition coefficient (Wildman–Crippen LogP) is 5.87. The minimum absolute atomic E-state index is 0.0182. The fraction of sp³-hybridized carbons (Fsp3) is 0.143. The van der Waals surface area contributed by atoms with E-state index in [0.717, 1.165) is 22.3 Å². The quantitative estimate of drug-likeness (QED) is 0.433. The summed E-state index contributed by atoms with van der Waals surface area (Å²) in [6.07, 6.45) is 1.58. The highest BCUT2D eigenvalue weighted by molar-refractivity contribution is 6.40. The summed E-state index contributed by atoms with van der Waals surface area (Å²) in [6.45, 7) is 8.65. The van der Waals surface area contributed by atoms with E-state index < -0.39 is 0 Å². The Morgan fingerprint density at radius 2 is 1.65 bits per heavy atom. The van der Waals surface area contributed by atoms with E-state index >= 15 is 0 Å². The first-order chi connectivity index (χ1) is 12.6. The SMILES string of the molecule is C=C1c2ccccc2C(=O)c2cc(Cn3cnc(Cl)c3Cl)ccc21.CC. The molecule has 0 saturated carbocycles. The van der Waals surface area contributed by atoms with Gasteiger partial charge in [-0.15, -0.1) is 0 Å². The number of hydrogen-bond acceptors (Lipinski definition) is 2. The van der Waals surface area contributed by atoms with Crippen LogP contribution in [0.15, 0.2) is 55.4 Å². The molecule has 4 rings (SSSR count). The van der Waals surface area contributed by atoms with E-state index in [1.165, 1.54) is 0 Å². The van der Waals surface area contributed by atoms with E-state index in [-0.39, 0.29) is 10.9 Å². The van der Waals surface area contributed by atoms with Crippen molar-refractivity contribution in [3.8, 4) is 0 Å². The molecule has 2 aromatic carbocycles. The van der Waals surface area contributed by atoms with Crippen LogP contribution in [-0.2, 0) is 6.54 Å². The molecule has 0 spiro atoms. The third kappa shape index (κ3) is 3.09. The first-order valence-electron chi connectivity index (χ1n) is 8.38. The average molecular weight is 385 g/mol. The topological polar surface area (TPSA) is 34.9 Å². The van der Waals surface area contributed by atoms with Crippen molar-refractivity contribution in [1.82, 2.24) is 9.55 Å². The number of ketones is 1. The number of carbonyl (C=O) groups excluding carboxylic acids is 1. The Kier molecular flexibility index (Phi) is 5.30. The highest BCUT2D eigenvalue weighted by Gasteiger charge is 2.25. The molecule has 26 heavy (non-hydrogen) atoms. The van der Waals surface area contributed by atoms with Crippen molar-refractivity contribution in [2.75, 3.05) is 0 Å². The van der Waals surface area contributed by atoms with Crippen LogP contribution in [0.2, 0.25) is 10.3 Å². The van der Waals surface area contributed by atoms with Crippen LogP contribution >= 0.6 is 23.2 Å². The number of nitrogens with zero attached hydrogens (tertiary/aromatic N) is 2. The van der Waals surface area contributed by atoms with Crippen molar-refractivity contribution in [3.05, 3.63) is 93.5 Å². The molecule has 0 atom stereocenters. The van der Waals surface area contributed by atoms with Crippen molar-refractivity contribution in [1.29, 1.82) is 0 Å². The second-order valence-corrected chi connectivity index (χ2v) is 6.40. The molecule has 1 aliphatic carbocycles. The summed E-state index contributed by atoms with van der Waals surface area (Å²) in [4.78, 5) is 16.8. The highest BCUT2D eigenvalue weighted by atomic mass is 35.5. The van der Waals surface area contributed by atoms with Crippen LogP contribution in [0.25, 0.3) is 5.57 Å². The van der Waals surface area contributed by atoms with E-state index in [1.807, 2.05) is 56.3 Å². The van der Waals surface area contributed by atoms with E-state index in [0.29, 0.717) is 22.8 Å². The summed E-state index contributed by atoms with van der Waals surface area (Å²) in [5.74, 6) is 0.0182. The Labute approximate surface area is 162 Å². The van der Waals surface area contributed by atoms with Gasteiger partial charge in [-0.1, -0.05) is 80.0 Å². The van der Waals surface area contributed by atoms with Gasteiger partial charge in [-0.05, 0) is 28.3 Å². The van der Waals surface area contributed by atoms with Gasteiger partial charge in [-0.3, -0.25) is 4.79 Å². The lowest BCUT2D eigenvalue weighted by atomic mass is 9.81. The Balaban J connectivity index is 0.000000948. The Hall–Kier alpha value is -2.36. The van der Waals surface area contributed by atoms with Gasteiger partial charge in [0.05, 0.1) is 6.33 Å². The molecule has 0 amide bonds. The maximum Gasteiger partial charge on any atom is 0.194 e. The molecule has 0 saturated heterocycles. The standard InChI is InChI=1S/C19H12Cl2N2O.C2H6/c1-11-13-4-2-3-5-15(13)17(24)16-8-12(6-7-14(11)16)9-23-10-22-18(20)19(23)21;1-2/h2-8,10H,1,9H2;1-2H3. The Morgan fingerprint density at radius 1 is 1.00 bits per heavy atom. The molecule has 1 aromatic heterocycles. The van der Waals surface area contributed by atoms with Gasteiger partial charge in [0, 0.05) is 17.7 Å². The van der Waals surface area contributed by atoms with E-state index in [2.05, 4.69) is 11.6 Å². The lowest BCUT2D eigenvalue weighted by molar-refractivity contribution is 0.103. The van der Waals surface area contributed by atoms with E-state index in [1.54, 1.807) is 10.9 Å². The maximum atomic E-state index is 12.8. The molecule has 5 heteroatoms. The second kappa shape index (κ2) is 7.48. The zero-order chi connectivity index (χ0) is 18.8. The smallest absolute Gasteiger partial charge is 0.194 e. The number of benzene rings is 2. The third-order valence-electron chi connectivity index (χ3n) is 4.24. The normalized spacial score (nSPS) is 12.2. The zero-order valence-electron chi connectivity index (χ0n) is 14.6. The van der Waals surface area contributed by atoms with Gasteiger partial charge in [0.25, 0.3) is 0 Å². The van der Waals surface area contributed by atoms with Gasteiger partial charge >= 0.3 is 0 Å². The lowest BCUT2D eigenvalue weighted by Gasteiger charge is -2.21. The van der Waals surface area contributed by atoms with Crippen molar-refractivity contribution in [2.24, 2.45) is 0 Å². The second-order valence-electron chi connectivity index (χ2n) is 5.69. The Morgan fingerprint density at radius 3 is 2.31 bits per heavy atom. The van der Waals surface area contributed by atoms with Gasteiger partial charge in [0.2, 0.25) is 0 Å². The Bertz CT molecular complexity index is 1000. The molecule has 0 bridgehead atoms. The molecular formula is C21H18Cl2N2O. The van der Waals surface area contributed by atoms with Gasteiger partial charge in [0.15, 0.2) is 10.9 Å². The fourth-order valence-electron chi connectivity index (χ4n) is 3.02. The first kappa shape index (κ1) is 18.4. The first-order valence-corrected chi connectivity index (χ1v) is 9.14. The van der Waals surface area contributed by atoms with Crippen molar-refractivity contribution in [3.63, 3.8) is 0 Å². The van der Waals surface area contributed by atoms with Gasteiger partial charge in [-0.25, -0.2) is 4.98 Å². The lowest BCUT2D eigenvalue weighted by Crippen LogP contribution is -2.14. The number of fused-ring (bicyclic) bond motifs is 2. The summed E-state index contributed by atoms with van der Waals surface area (Å²) in [5, 5.41) is 0.656.